The summed E-state index contributed by atoms with van der Waals surface area (Å²) in [5.74, 6) is -3.43. The van der Waals surface area contributed by atoms with Crippen LogP contribution in [0.2, 0.25) is 0 Å². The van der Waals surface area contributed by atoms with Gasteiger partial charge in [-0.1, -0.05) is 0 Å². The van der Waals surface area contributed by atoms with Crippen LogP contribution in [0.1, 0.15) is 12.1 Å². The Morgan fingerprint density at radius 1 is 1.15 bits per heavy atom. The maximum atomic E-state index is 13.8. The van der Waals surface area contributed by atoms with Crippen LogP contribution < -0.4 is 10.6 Å². The highest BCUT2D eigenvalue weighted by Gasteiger charge is 2.42. The molecule has 0 bridgehead atoms. The van der Waals surface area contributed by atoms with Crippen LogP contribution in [0, 0.1) is 11.6 Å². The second kappa shape index (κ2) is 6.49. The molecule has 1 fully saturated rings. The van der Waals surface area contributed by atoms with Crippen molar-refractivity contribution < 1.29 is 17.6 Å². The summed E-state index contributed by atoms with van der Waals surface area (Å²) in [4.78, 5) is 10.2. The molecule has 1 aliphatic heterocycles. The van der Waals surface area contributed by atoms with Gasteiger partial charge in [0.1, 0.15) is 11.6 Å². The first kappa shape index (κ1) is 17.7. The average molecular weight is 379 g/mol. The van der Waals surface area contributed by atoms with E-state index in [0.717, 1.165) is 6.20 Å². The van der Waals surface area contributed by atoms with Crippen molar-refractivity contribution in [3.63, 3.8) is 0 Å². The minimum atomic E-state index is -2.93. The highest BCUT2D eigenvalue weighted by atomic mass is 19.3. The Morgan fingerprint density at radius 3 is 2.63 bits per heavy atom. The predicted octanol–water partition coefficient (Wildman–Crippen LogP) is 2.93. The molecule has 3 heterocycles. The summed E-state index contributed by atoms with van der Waals surface area (Å²) in [7, 11) is 0. The highest BCUT2D eigenvalue weighted by Crippen LogP contribution is 2.31. The molecule has 4 rings (SSSR count). The maximum absolute atomic E-state index is 13.8. The molecule has 1 aliphatic rings. The van der Waals surface area contributed by atoms with Gasteiger partial charge in [0.15, 0.2) is 0 Å². The van der Waals surface area contributed by atoms with Crippen LogP contribution in [-0.2, 0) is 6.54 Å². The number of rotatable bonds is 3. The van der Waals surface area contributed by atoms with Crippen molar-refractivity contribution in [3.8, 4) is 0 Å². The van der Waals surface area contributed by atoms with Gasteiger partial charge in [0.25, 0.3) is 5.92 Å². The zero-order chi connectivity index (χ0) is 19.2. The number of pyridine rings is 1. The molecule has 3 aromatic rings. The van der Waals surface area contributed by atoms with Crippen molar-refractivity contribution in [1.29, 1.82) is 0 Å². The Labute approximate surface area is 152 Å². The van der Waals surface area contributed by atoms with E-state index in [1.807, 2.05) is 0 Å². The average Bonchev–Trinajstić information content (AvgIpc) is 2.97. The largest absolute Gasteiger partial charge is 0.340 e. The van der Waals surface area contributed by atoms with Crippen LogP contribution in [0.4, 0.5) is 23.5 Å². The summed E-state index contributed by atoms with van der Waals surface area (Å²) >= 11 is 0. The molecule has 0 unspecified atom stereocenters. The number of hydrogen-bond acceptors (Lipinski definition) is 4. The van der Waals surface area contributed by atoms with Crippen LogP contribution in [0.15, 0.2) is 36.5 Å². The molecule has 0 aliphatic carbocycles. The first-order valence-electron chi connectivity index (χ1n) is 8.48. The lowest BCUT2D eigenvalue weighted by molar-refractivity contribution is -0.0395. The van der Waals surface area contributed by atoms with Gasteiger partial charge in [0, 0.05) is 19.5 Å². The molecule has 0 radical (unpaired) electrons. The van der Waals surface area contributed by atoms with Gasteiger partial charge in [-0.2, -0.15) is 0 Å². The molecule has 2 aromatic heterocycles. The monoisotopic (exact) mass is 379 g/mol. The number of anilines is 1. The van der Waals surface area contributed by atoms with Gasteiger partial charge in [-0.3, -0.25) is 4.98 Å². The van der Waals surface area contributed by atoms with Gasteiger partial charge < -0.3 is 15.2 Å². The van der Waals surface area contributed by atoms with E-state index >= 15 is 0 Å². The van der Waals surface area contributed by atoms with E-state index < -0.39 is 23.6 Å². The number of hydrogen-bond donors (Lipinski definition) is 1. The summed E-state index contributed by atoms with van der Waals surface area (Å²) in [6.45, 7) is 0.191. The minimum absolute atomic E-state index is 0.0728. The van der Waals surface area contributed by atoms with Crippen LogP contribution in [0.3, 0.4) is 0 Å². The Kier molecular flexibility index (Phi) is 4.26. The number of fused-ring (bicyclic) bond motifs is 1. The van der Waals surface area contributed by atoms with Crippen LogP contribution in [0.5, 0.6) is 0 Å². The molecule has 142 valence electrons. The zero-order valence-electron chi connectivity index (χ0n) is 14.2. The fraction of sp³-hybridized carbons (Fsp3) is 0.333. The third-order valence-corrected chi connectivity index (χ3v) is 4.76. The third kappa shape index (κ3) is 3.34. The zero-order valence-corrected chi connectivity index (χ0v) is 14.2. The van der Waals surface area contributed by atoms with E-state index in [9.17, 15) is 17.6 Å². The lowest BCUT2D eigenvalue weighted by Crippen LogP contribution is -2.55. The van der Waals surface area contributed by atoms with E-state index in [0.29, 0.717) is 22.7 Å². The summed E-state index contributed by atoms with van der Waals surface area (Å²) in [6, 6.07) is 5.62. The van der Waals surface area contributed by atoms with Gasteiger partial charge in [0.2, 0.25) is 5.95 Å². The fourth-order valence-electron chi connectivity index (χ4n) is 3.26. The Bertz CT molecular complexity index is 970. The lowest BCUT2D eigenvalue weighted by Gasteiger charge is -2.37. The standard InChI is InChI=1S/C18H17F4N5/c19-11-2-4-14-15(7-11)27(9-13-3-1-12(20)8-24-13)17(25-14)26-6-5-18(21,22)16(23)10-26/h1-4,7-8,16H,5-6,9-10,23H2/t16-/m1/s1. The van der Waals surface area contributed by atoms with Crippen molar-refractivity contribution >= 4 is 17.0 Å². The Hall–Kier alpha value is -2.68. The molecular formula is C18H17F4N5. The molecule has 27 heavy (non-hydrogen) atoms. The first-order valence-corrected chi connectivity index (χ1v) is 8.48. The molecule has 1 atom stereocenters. The topological polar surface area (TPSA) is 60.0 Å². The van der Waals surface area contributed by atoms with E-state index in [1.165, 1.54) is 30.3 Å². The molecule has 5 nitrogen and oxygen atoms in total. The number of nitrogens with two attached hydrogens (primary N) is 1. The van der Waals surface area contributed by atoms with Gasteiger partial charge in [-0.25, -0.2) is 22.5 Å². The number of piperidine rings is 1. The molecule has 0 amide bonds. The normalized spacial score (nSPS) is 19.6. The smallest absolute Gasteiger partial charge is 0.266 e. The lowest BCUT2D eigenvalue weighted by atomic mass is 10.0. The molecule has 0 saturated carbocycles. The molecule has 9 heteroatoms. The quantitative estimate of drug-likeness (QED) is 0.711. The van der Waals surface area contributed by atoms with Gasteiger partial charge >= 0.3 is 0 Å². The number of halogens is 4. The minimum Gasteiger partial charge on any atom is -0.340 e. The van der Waals surface area contributed by atoms with Crippen molar-refractivity contribution in [2.75, 3.05) is 18.0 Å². The van der Waals surface area contributed by atoms with Gasteiger partial charge in [0.05, 0.1) is 35.5 Å². The summed E-state index contributed by atoms with van der Waals surface area (Å²) in [6.07, 6.45) is 0.701. The van der Waals surface area contributed by atoms with Crippen molar-refractivity contribution in [2.24, 2.45) is 5.73 Å². The van der Waals surface area contributed by atoms with Crippen LogP contribution in [-0.4, -0.2) is 39.6 Å². The SMILES string of the molecule is N[C@@H]1CN(c2nc3ccc(F)cc3n2Cc2ccc(F)cn2)CCC1(F)F. The molecule has 2 N–H and O–H groups in total. The molecule has 1 aromatic carbocycles. The first-order chi connectivity index (χ1) is 12.8. The summed E-state index contributed by atoms with van der Waals surface area (Å²) < 4.78 is 56.1. The molecule has 0 spiro atoms. The number of alkyl halides is 2. The van der Waals surface area contributed by atoms with E-state index in [1.54, 1.807) is 9.47 Å². The highest BCUT2D eigenvalue weighted by molar-refractivity contribution is 5.79. The molecule has 1 saturated heterocycles. The number of nitrogens with zero attached hydrogens (tertiary/aromatic N) is 4. The van der Waals surface area contributed by atoms with Gasteiger partial charge in [-0.15, -0.1) is 0 Å². The number of benzene rings is 1. The second-order valence-electron chi connectivity index (χ2n) is 6.66. The summed E-state index contributed by atoms with van der Waals surface area (Å²) in [5, 5.41) is 0. The van der Waals surface area contributed by atoms with Crippen LogP contribution >= 0.6 is 0 Å². The molecular weight excluding hydrogens is 362 g/mol. The van der Waals surface area contributed by atoms with Crippen molar-refractivity contribution in [1.82, 2.24) is 14.5 Å². The van der Waals surface area contributed by atoms with E-state index in [2.05, 4.69) is 9.97 Å². The van der Waals surface area contributed by atoms with Crippen molar-refractivity contribution in [3.05, 3.63) is 53.9 Å². The van der Waals surface area contributed by atoms with E-state index in [4.69, 9.17) is 5.73 Å². The van der Waals surface area contributed by atoms with Gasteiger partial charge in [-0.05, 0) is 30.3 Å². The Balaban J connectivity index is 1.76. The van der Waals surface area contributed by atoms with E-state index in [-0.39, 0.29) is 26.1 Å². The second-order valence-corrected chi connectivity index (χ2v) is 6.66. The predicted molar refractivity (Wildman–Crippen MR) is 92.7 cm³/mol. The maximum Gasteiger partial charge on any atom is 0.266 e. The Morgan fingerprint density at radius 2 is 1.93 bits per heavy atom. The number of imidazole rings is 1. The fourth-order valence-corrected chi connectivity index (χ4v) is 3.26. The number of aromatic nitrogens is 3. The third-order valence-electron chi connectivity index (χ3n) is 4.76. The van der Waals surface area contributed by atoms with Crippen molar-refractivity contribution in [2.45, 2.75) is 24.9 Å². The summed E-state index contributed by atoms with van der Waals surface area (Å²) in [5.41, 5.74) is 7.20. The van der Waals surface area contributed by atoms with Crippen LogP contribution in [0.25, 0.3) is 11.0 Å².